The van der Waals surface area contributed by atoms with Gasteiger partial charge < -0.3 is 10.6 Å². The zero-order valence-electron chi connectivity index (χ0n) is 2.86. The van der Waals surface area contributed by atoms with Gasteiger partial charge in [-0.05, 0) is 0 Å². The number of carboxylic acid groups (broad SMARTS) is 1. The molecule has 0 heterocycles. The van der Waals surface area contributed by atoms with Crippen LogP contribution in [0.15, 0.2) is 0 Å². The van der Waals surface area contributed by atoms with Crippen molar-refractivity contribution < 1.29 is 32.4 Å². The Bertz CT molecular complexity index is 31.8. The summed E-state index contributed by atoms with van der Waals surface area (Å²) in [5, 5.41) is 7.31. The first-order valence-corrected chi connectivity index (χ1v) is 0.781. The van der Waals surface area contributed by atoms with Gasteiger partial charge in [0, 0.05) is 0 Å². The fourth-order valence-electron chi connectivity index (χ4n) is 0. The maximum atomic E-state index is 8.89. The second kappa shape index (κ2) is 8.84. The molecule has 4 heteroatoms. The summed E-state index contributed by atoms with van der Waals surface area (Å²) in [4.78, 5) is 8.89. The van der Waals surface area contributed by atoms with Gasteiger partial charge in [-0.2, -0.15) is 0 Å². The van der Waals surface area contributed by atoms with Crippen LogP contribution in [0.4, 0.5) is 0 Å². The van der Waals surface area contributed by atoms with Gasteiger partial charge in [0.15, 0.2) is 5.97 Å². The molecule has 0 spiro atoms. The standard InChI is InChI=1S/C2H3O2.Fe.H2O/c1-2(3)4;;/h1H2,(H,3,4);;1H2/q-1;+2;/p-1. The molecule has 0 saturated carbocycles. The van der Waals surface area contributed by atoms with Crippen LogP contribution >= 0.6 is 0 Å². The average Bonchev–Trinajstić information content (AvgIpc) is 0.811. The van der Waals surface area contributed by atoms with Crippen molar-refractivity contribution in [2.45, 2.75) is 0 Å². The molecule has 0 saturated heterocycles. The second-order valence-electron chi connectivity index (χ2n) is 0.394. The minimum absolute atomic E-state index is 0. The Morgan fingerprint density at radius 3 is 1.67 bits per heavy atom. The molecule has 0 unspecified atom stereocenters. The average molecular weight is 132 g/mol. The molecule has 0 aromatic carbocycles. The van der Waals surface area contributed by atoms with Crippen LogP contribution in [-0.4, -0.2) is 16.6 Å². The van der Waals surface area contributed by atoms with Gasteiger partial charge in [-0.3, -0.25) is 11.7 Å². The van der Waals surface area contributed by atoms with Crippen molar-refractivity contribution in [2.24, 2.45) is 0 Å². The number of carboxylic acids is 1. The van der Waals surface area contributed by atoms with E-state index in [2.05, 4.69) is 6.92 Å². The van der Waals surface area contributed by atoms with Crippen molar-refractivity contribution >= 4 is 5.97 Å². The van der Waals surface area contributed by atoms with E-state index in [4.69, 9.17) is 9.90 Å². The van der Waals surface area contributed by atoms with Crippen molar-refractivity contribution in [1.82, 2.24) is 0 Å². The molecule has 0 aliphatic carbocycles. The minimum Gasteiger partial charge on any atom is -0.870 e. The SMILES string of the molecule is [CH2-]C(=O)O.[Fe+2].[OH-]. The summed E-state index contributed by atoms with van der Waals surface area (Å²) in [5.74, 6) is -1.08. The van der Waals surface area contributed by atoms with E-state index in [1.54, 1.807) is 0 Å². The summed E-state index contributed by atoms with van der Waals surface area (Å²) in [6.07, 6.45) is 0. The fraction of sp³-hybridized carbons (Fsp3) is 0. The predicted molar refractivity (Wildman–Crippen MR) is 14.9 cm³/mol. The van der Waals surface area contributed by atoms with E-state index in [9.17, 15) is 0 Å². The zero-order chi connectivity index (χ0) is 3.58. The molecule has 0 aliphatic rings. The Kier molecular flexibility index (Phi) is 25.1. The van der Waals surface area contributed by atoms with E-state index in [-0.39, 0.29) is 22.5 Å². The molecule has 0 aromatic rings. The van der Waals surface area contributed by atoms with E-state index >= 15 is 0 Å². The number of aliphatic carboxylic acids is 1. The van der Waals surface area contributed by atoms with Crippen LogP contribution in [0.25, 0.3) is 0 Å². The van der Waals surface area contributed by atoms with Gasteiger partial charge in [-0.25, -0.2) is 0 Å². The summed E-state index contributed by atoms with van der Waals surface area (Å²) >= 11 is 0. The molecule has 6 heavy (non-hydrogen) atoms. The van der Waals surface area contributed by atoms with Gasteiger partial charge in [-0.15, -0.1) is 0 Å². The Balaban J connectivity index is -0.0000000450. The smallest absolute Gasteiger partial charge is 0.870 e. The minimum atomic E-state index is -1.08. The van der Waals surface area contributed by atoms with Gasteiger partial charge in [0.25, 0.3) is 0 Å². The zero-order valence-corrected chi connectivity index (χ0v) is 3.97. The molecule has 2 N–H and O–H groups in total. The van der Waals surface area contributed by atoms with E-state index in [1.807, 2.05) is 0 Å². The third-order valence-corrected chi connectivity index (χ3v) is 0. The molecule has 38 valence electrons. The Hall–Kier alpha value is -0.181. The van der Waals surface area contributed by atoms with Crippen LogP contribution in [0.2, 0.25) is 0 Å². The normalized spacial score (nSPS) is 4.00. The van der Waals surface area contributed by atoms with Gasteiger partial charge >= 0.3 is 17.1 Å². The molecule has 0 fully saturated rings. The molecule has 0 radical (unpaired) electrons. The van der Waals surface area contributed by atoms with E-state index in [0.29, 0.717) is 0 Å². The van der Waals surface area contributed by atoms with Crippen LogP contribution in [0.1, 0.15) is 0 Å². The summed E-state index contributed by atoms with van der Waals surface area (Å²) in [6.45, 7) is 2.56. The number of hydrogen-bond donors (Lipinski definition) is 1. The van der Waals surface area contributed by atoms with Crippen molar-refractivity contribution in [1.29, 1.82) is 0 Å². The molecule has 0 rings (SSSR count). The third kappa shape index (κ3) is 932. The summed E-state index contributed by atoms with van der Waals surface area (Å²) in [5.41, 5.74) is 0. The summed E-state index contributed by atoms with van der Waals surface area (Å²) < 4.78 is 0. The van der Waals surface area contributed by atoms with Crippen molar-refractivity contribution in [3.63, 3.8) is 0 Å². The molecule has 0 bridgehead atoms. The van der Waals surface area contributed by atoms with E-state index < -0.39 is 5.97 Å². The largest absolute Gasteiger partial charge is 2.00 e. The Morgan fingerprint density at radius 2 is 1.67 bits per heavy atom. The first kappa shape index (κ1) is 17.0. The molecule has 3 nitrogen and oxygen atoms in total. The van der Waals surface area contributed by atoms with Gasteiger partial charge in [0.1, 0.15) is 0 Å². The van der Waals surface area contributed by atoms with Gasteiger partial charge in [-0.1, -0.05) is 0 Å². The van der Waals surface area contributed by atoms with Crippen LogP contribution in [-0.2, 0) is 21.9 Å². The van der Waals surface area contributed by atoms with Crippen molar-refractivity contribution in [3.05, 3.63) is 6.92 Å². The summed E-state index contributed by atoms with van der Waals surface area (Å²) in [7, 11) is 0. The molecular weight excluding hydrogens is 128 g/mol. The number of hydrogen-bond acceptors (Lipinski definition) is 2. The van der Waals surface area contributed by atoms with Crippen LogP contribution < -0.4 is 0 Å². The molecule has 0 aliphatic heterocycles. The van der Waals surface area contributed by atoms with Crippen molar-refractivity contribution in [2.75, 3.05) is 0 Å². The molecule has 0 atom stereocenters. The molecule has 0 aromatic heterocycles. The van der Waals surface area contributed by atoms with Crippen LogP contribution in [0.5, 0.6) is 0 Å². The molecular formula is C2H4FeO3. The first-order chi connectivity index (χ1) is 1.73. The van der Waals surface area contributed by atoms with Crippen LogP contribution in [0.3, 0.4) is 0 Å². The Morgan fingerprint density at radius 1 is 1.67 bits per heavy atom. The third-order valence-electron chi connectivity index (χ3n) is 0. The van der Waals surface area contributed by atoms with Crippen LogP contribution in [0, 0.1) is 6.92 Å². The summed E-state index contributed by atoms with van der Waals surface area (Å²) in [6, 6.07) is 0. The van der Waals surface area contributed by atoms with E-state index in [0.717, 1.165) is 0 Å². The maximum Gasteiger partial charge on any atom is 2.00 e. The number of carbonyl (C=O) groups is 1. The van der Waals surface area contributed by atoms with Crippen molar-refractivity contribution in [3.8, 4) is 0 Å². The van der Waals surface area contributed by atoms with Gasteiger partial charge in [0.05, 0.1) is 0 Å². The monoisotopic (exact) mass is 132 g/mol. The predicted octanol–water partition coefficient (Wildman–Crippen LogP) is -0.274. The molecule has 0 amide bonds. The van der Waals surface area contributed by atoms with E-state index in [1.165, 1.54) is 0 Å². The second-order valence-corrected chi connectivity index (χ2v) is 0.394. The topological polar surface area (TPSA) is 67.3 Å². The Labute approximate surface area is 46.1 Å². The number of rotatable bonds is 0. The fourth-order valence-corrected chi connectivity index (χ4v) is 0. The van der Waals surface area contributed by atoms with Gasteiger partial charge in [0.2, 0.25) is 0 Å². The maximum absolute atomic E-state index is 8.89. The first-order valence-electron chi connectivity index (χ1n) is 0.781. The quantitative estimate of drug-likeness (QED) is 0.364.